The largest absolute Gasteiger partial charge is 0.506 e. The minimum atomic E-state index is -0.0356. The Kier molecular flexibility index (Phi) is 5.63. The zero-order valence-electron chi connectivity index (χ0n) is 11.1. The standard InChI is InChI=1S/C14H20N2O2.ClH/c1-2-9-3-6-13(17)12(7-9)16-14(18)10-4-5-11(15)8-10;/h3,6-7,10-11,17H,2,4-5,8,15H2,1H3,(H,16,18);1H. The van der Waals surface area contributed by atoms with E-state index in [1.165, 1.54) is 0 Å². The van der Waals surface area contributed by atoms with Crippen LogP contribution in [0.15, 0.2) is 18.2 Å². The number of halogens is 1. The van der Waals surface area contributed by atoms with Gasteiger partial charge in [0.05, 0.1) is 5.69 Å². The van der Waals surface area contributed by atoms with Gasteiger partial charge >= 0.3 is 0 Å². The summed E-state index contributed by atoms with van der Waals surface area (Å²) >= 11 is 0. The number of nitrogens with two attached hydrogens (primary N) is 1. The van der Waals surface area contributed by atoms with Crippen LogP contribution >= 0.6 is 12.4 Å². The minimum Gasteiger partial charge on any atom is -0.506 e. The Labute approximate surface area is 119 Å². The first-order chi connectivity index (χ1) is 8.60. The summed E-state index contributed by atoms with van der Waals surface area (Å²) < 4.78 is 0. The van der Waals surface area contributed by atoms with Crippen molar-refractivity contribution in [1.29, 1.82) is 0 Å². The fraction of sp³-hybridized carbons (Fsp3) is 0.500. The van der Waals surface area contributed by atoms with Crippen LogP contribution in [0.1, 0.15) is 31.7 Å². The summed E-state index contributed by atoms with van der Waals surface area (Å²) in [6, 6.07) is 5.43. The van der Waals surface area contributed by atoms with E-state index >= 15 is 0 Å². The van der Waals surface area contributed by atoms with Gasteiger partial charge in [0.2, 0.25) is 5.91 Å². The third-order valence-corrected chi connectivity index (χ3v) is 3.57. The lowest BCUT2D eigenvalue weighted by molar-refractivity contribution is -0.119. The topological polar surface area (TPSA) is 75.3 Å². The van der Waals surface area contributed by atoms with E-state index in [0.29, 0.717) is 5.69 Å². The highest BCUT2D eigenvalue weighted by Gasteiger charge is 2.28. The molecule has 1 aromatic rings. The first-order valence-electron chi connectivity index (χ1n) is 6.48. The van der Waals surface area contributed by atoms with Gasteiger partial charge in [0.1, 0.15) is 5.75 Å². The maximum atomic E-state index is 12.0. The van der Waals surface area contributed by atoms with E-state index in [1.807, 2.05) is 19.1 Å². The molecular weight excluding hydrogens is 264 g/mol. The van der Waals surface area contributed by atoms with Gasteiger partial charge in [-0.15, -0.1) is 12.4 Å². The molecule has 2 atom stereocenters. The molecule has 1 aliphatic rings. The first kappa shape index (κ1) is 15.8. The molecule has 0 heterocycles. The Morgan fingerprint density at radius 2 is 2.21 bits per heavy atom. The van der Waals surface area contributed by atoms with Gasteiger partial charge in [-0.2, -0.15) is 0 Å². The zero-order chi connectivity index (χ0) is 13.1. The van der Waals surface area contributed by atoms with Crippen LogP contribution in [-0.4, -0.2) is 17.1 Å². The summed E-state index contributed by atoms with van der Waals surface area (Å²) in [5, 5.41) is 12.5. The number of hydrogen-bond donors (Lipinski definition) is 3. The van der Waals surface area contributed by atoms with Gasteiger partial charge in [-0.3, -0.25) is 4.79 Å². The summed E-state index contributed by atoms with van der Waals surface area (Å²) in [6.07, 6.45) is 3.35. The van der Waals surface area contributed by atoms with Gasteiger partial charge < -0.3 is 16.2 Å². The van der Waals surface area contributed by atoms with Gasteiger partial charge in [0, 0.05) is 12.0 Å². The molecule has 2 unspecified atom stereocenters. The highest BCUT2D eigenvalue weighted by molar-refractivity contribution is 5.94. The highest BCUT2D eigenvalue weighted by Crippen LogP contribution is 2.29. The molecule has 4 N–H and O–H groups in total. The number of anilines is 1. The van der Waals surface area contributed by atoms with E-state index in [0.717, 1.165) is 31.2 Å². The molecule has 0 saturated heterocycles. The number of amides is 1. The fourth-order valence-corrected chi connectivity index (χ4v) is 2.39. The smallest absolute Gasteiger partial charge is 0.227 e. The van der Waals surface area contributed by atoms with Crippen molar-refractivity contribution in [2.75, 3.05) is 5.32 Å². The predicted molar refractivity (Wildman–Crippen MR) is 78.7 cm³/mol. The molecule has 4 nitrogen and oxygen atoms in total. The second kappa shape index (κ2) is 6.78. The van der Waals surface area contributed by atoms with Crippen LogP contribution in [-0.2, 0) is 11.2 Å². The first-order valence-corrected chi connectivity index (χ1v) is 6.48. The van der Waals surface area contributed by atoms with Crippen molar-refractivity contribution < 1.29 is 9.90 Å². The number of phenolic OH excluding ortho intramolecular Hbond substituents is 1. The average molecular weight is 285 g/mol. The SMILES string of the molecule is CCc1ccc(O)c(NC(=O)C2CCC(N)C2)c1.Cl. The lowest BCUT2D eigenvalue weighted by Gasteiger charge is -2.12. The predicted octanol–water partition coefficient (Wildman–Crippen LogP) is 2.44. The van der Waals surface area contributed by atoms with Crippen molar-refractivity contribution in [3.05, 3.63) is 23.8 Å². The monoisotopic (exact) mass is 284 g/mol. The summed E-state index contributed by atoms with van der Waals surface area (Å²) in [7, 11) is 0. The Hall–Kier alpha value is -1.26. The number of benzene rings is 1. The fourth-order valence-electron chi connectivity index (χ4n) is 2.39. The number of hydrogen-bond acceptors (Lipinski definition) is 3. The molecular formula is C14H21ClN2O2. The van der Waals surface area contributed by atoms with Gasteiger partial charge in [0.25, 0.3) is 0 Å². The van der Waals surface area contributed by atoms with E-state index in [4.69, 9.17) is 5.73 Å². The van der Waals surface area contributed by atoms with Crippen molar-refractivity contribution in [2.45, 2.75) is 38.6 Å². The number of phenols is 1. The molecule has 0 aromatic heterocycles. The van der Waals surface area contributed by atoms with Crippen LogP contribution in [0.25, 0.3) is 0 Å². The van der Waals surface area contributed by atoms with E-state index in [1.54, 1.807) is 6.07 Å². The number of aromatic hydroxyl groups is 1. The third-order valence-electron chi connectivity index (χ3n) is 3.57. The molecule has 1 aliphatic carbocycles. The molecule has 1 saturated carbocycles. The third kappa shape index (κ3) is 3.85. The maximum absolute atomic E-state index is 12.0. The molecule has 1 fully saturated rings. The zero-order valence-corrected chi connectivity index (χ0v) is 11.9. The molecule has 0 radical (unpaired) electrons. The average Bonchev–Trinajstić information content (AvgIpc) is 2.79. The second-order valence-electron chi connectivity index (χ2n) is 4.96. The molecule has 0 spiro atoms. The van der Waals surface area contributed by atoms with Gasteiger partial charge in [-0.25, -0.2) is 0 Å². The van der Waals surface area contributed by atoms with Gasteiger partial charge in [-0.05, 0) is 43.4 Å². The van der Waals surface area contributed by atoms with E-state index in [-0.39, 0.29) is 36.0 Å². The summed E-state index contributed by atoms with van der Waals surface area (Å²) in [6.45, 7) is 2.04. The summed E-state index contributed by atoms with van der Waals surface area (Å²) in [4.78, 5) is 12.0. The van der Waals surface area contributed by atoms with Crippen molar-refractivity contribution in [3.63, 3.8) is 0 Å². The molecule has 19 heavy (non-hydrogen) atoms. The Bertz CT molecular complexity index is 451. The minimum absolute atomic E-state index is 0. The van der Waals surface area contributed by atoms with Crippen molar-refractivity contribution in [2.24, 2.45) is 11.7 Å². The Balaban J connectivity index is 0.00000180. The lowest BCUT2D eigenvalue weighted by atomic mass is 10.1. The van der Waals surface area contributed by atoms with E-state index in [9.17, 15) is 9.90 Å². The number of nitrogens with one attached hydrogen (secondary N) is 1. The summed E-state index contributed by atoms with van der Waals surface area (Å²) in [5.41, 5.74) is 7.39. The Morgan fingerprint density at radius 1 is 1.47 bits per heavy atom. The van der Waals surface area contributed by atoms with Crippen LogP contribution in [0.3, 0.4) is 0 Å². The van der Waals surface area contributed by atoms with Gasteiger partial charge in [-0.1, -0.05) is 13.0 Å². The summed E-state index contributed by atoms with van der Waals surface area (Å²) in [5.74, 6) is 0.0547. The Morgan fingerprint density at radius 3 is 2.79 bits per heavy atom. The van der Waals surface area contributed by atoms with E-state index in [2.05, 4.69) is 5.32 Å². The van der Waals surface area contributed by atoms with Gasteiger partial charge in [0.15, 0.2) is 0 Å². The quantitative estimate of drug-likeness (QED) is 0.746. The maximum Gasteiger partial charge on any atom is 0.227 e. The van der Waals surface area contributed by atoms with Crippen LogP contribution in [0.2, 0.25) is 0 Å². The second-order valence-corrected chi connectivity index (χ2v) is 4.96. The number of aryl methyl sites for hydroxylation is 1. The number of rotatable bonds is 3. The molecule has 0 aliphatic heterocycles. The number of carbonyl (C=O) groups is 1. The number of carbonyl (C=O) groups excluding carboxylic acids is 1. The highest BCUT2D eigenvalue weighted by atomic mass is 35.5. The van der Waals surface area contributed by atoms with Crippen LogP contribution in [0.5, 0.6) is 5.75 Å². The van der Waals surface area contributed by atoms with Crippen molar-refractivity contribution in [1.82, 2.24) is 0 Å². The van der Waals surface area contributed by atoms with Crippen LogP contribution in [0, 0.1) is 5.92 Å². The van der Waals surface area contributed by atoms with Crippen LogP contribution in [0.4, 0.5) is 5.69 Å². The normalized spacial score (nSPS) is 21.8. The molecule has 0 bridgehead atoms. The van der Waals surface area contributed by atoms with E-state index < -0.39 is 0 Å². The molecule has 1 amide bonds. The van der Waals surface area contributed by atoms with Crippen molar-refractivity contribution >= 4 is 24.0 Å². The molecule has 1 aromatic carbocycles. The molecule has 2 rings (SSSR count). The lowest BCUT2D eigenvalue weighted by Crippen LogP contribution is -2.23. The van der Waals surface area contributed by atoms with Crippen molar-refractivity contribution in [3.8, 4) is 5.75 Å². The molecule has 5 heteroatoms. The van der Waals surface area contributed by atoms with Crippen LogP contribution < -0.4 is 11.1 Å². The molecule has 106 valence electrons.